The minimum Gasteiger partial charge on any atom is -0.370 e. The maximum Gasteiger partial charge on any atom is 0.188 e. The van der Waals surface area contributed by atoms with E-state index in [2.05, 4.69) is 38.4 Å². The molecule has 0 aliphatic heterocycles. The van der Waals surface area contributed by atoms with Crippen LogP contribution >= 0.6 is 15.9 Å². The van der Waals surface area contributed by atoms with Crippen molar-refractivity contribution < 1.29 is 0 Å². The number of halogens is 1. The lowest BCUT2D eigenvalue weighted by Gasteiger charge is -2.04. The van der Waals surface area contributed by atoms with Gasteiger partial charge in [-0.15, -0.1) is 0 Å². The number of nitrogens with one attached hydrogen (secondary N) is 1. The van der Waals surface area contributed by atoms with E-state index in [1.54, 1.807) is 7.05 Å². The third kappa shape index (κ3) is 3.79. The minimum atomic E-state index is 0.486. The molecule has 4 heteroatoms. The Bertz CT molecular complexity index is 323. The maximum atomic E-state index is 5.50. The van der Waals surface area contributed by atoms with E-state index in [1.807, 2.05) is 12.1 Å². The molecule has 76 valence electrons. The molecule has 0 spiro atoms. The molecule has 3 N–H and O–H groups in total. The lowest BCUT2D eigenvalue weighted by Crippen LogP contribution is -2.32. The van der Waals surface area contributed by atoms with Crippen molar-refractivity contribution >= 4 is 21.9 Å². The highest BCUT2D eigenvalue weighted by Crippen LogP contribution is 2.11. The van der Waals surface area contributed by atoms with Gasteiger partial charge in [-0.2, -0.15) is 0 Å². The average Bonchev–Trinajstić information content (AvgIpc) is 2.17. The van der Waals surface area contributed by atoms with Crippen LogP contribution in [0.1, 0.15) is 5.56 Å². The molecule has 0 fully saturated rings. The lowest BCUT2D eigenvalue weighted by atomic mass is 10.1. The summed E-state index contributed by atoms with van der Waals surface area (Å²) in [5.41, 5.74) is 6.77. The molecule has 0 saturated carbocycles. The first-order valence-electron chi connectivity index (χ1n) is 4.43. The summed E-state index contributed by atoms with van der Waals surface area (Å²) in [6, 6.07) is 8.22. The zero-order chi connectivity index (χ0) is 10.4. The summed E-state index contributed by atoms with van der Waals surface area (Å²) in [5, 5.41) is 3.01. The predicted molar refractivity (Wildman–Crippen MR) is 63.4 cm³/mol. The van der Waals surface area contributed by atoms with Gasteiger partial charge in [-0.3, -0.25) is 4.99 Å². The monoisotopic (exact) mass is 255 g/mol. The molecule has 1 aromatic rings. The summed E-state index contributed by atoms with van der Waals surface area (Å²) in [5.74, 6) is 0.486. The van der Waals surface area contributed by atoms with Crippen LogP contribution in [0.5, 0.6) is 0 Å². The van der Waals surface area contributed by atoms with Crippen LogP contribution in [0.25, 0.3) is 0 Å². The molecule has 0 aliphatic carbocycles. The van der Waals surface area contributed by atoms with Gasteiger partial charge in [-0.05, 0) is 24.1 Å². The fourth-order valence-corrected chi connectivity index (χ4v) is 1.55. The number of rotatable bonds is 3. The van der Waals surface area contributed by atoms with Crippen LogP contribution < -0.4 is 11.1 Å². The normalized spacial score (nSPS) is 11.4. The molecule has 3 nitrogen and oxygen atoms in total. The first kappa shape index (κ1) is 11.0. The smallest absolute Gasteiger partial charge is 0.188 e. The van der Waals surface area contributed by atoms with E-state index in [9.17, 15) is 0 Å². The number of benzene rings is 1. The van der Waals surface area contributed by atoms with Gasteiger partial charge in [0.05, 0.1) is 0 Å². The first-order chi connectivity index (χ1) is 6.72. The zero-order valence-electron chi connectivity index (χ0n) is 8.13. The van der Waals surface area contributed by atoms with E-state index in [-0.39, 0.29) is 0 Å². The van der Waals surface area contributed by atoms with Crippen LogP contribution in [0.4, 0.5) is 0 Å². The summed E-state index contributed by atoms with van der Waals surface area (Å²) in [6.45, 7) is 0.805. The fraction of sp³-hybridized carbons (Fsp3) is 0.300. The Kier molecular flexibility index (Phi) is 4.46. The van der Waals surface area contributed by atoms with Gasteiger partial charge in [0.15, 0.2) is 5.96 Å². The van der Waals surface area contributed by atoms with Gasteiger partial charge in [0.1, 0.15) is 0 Å². The Morgan fingerprint density at radius 3 is 3.00 bits per heavy atom. The van der Waals surface area contributed by atoms with E-state index in [4.69, 9.17) is 5.73 Å². The van der Waals surface area contributed by atoms with Crippen LogP contribution in [0.15, 0.2) is 33.7 Å². The van der Waals surface area contributed by atoms with Gasteiger partial charge in [-0.25, -0.2) is 0 Å². The number of aliphatic imine (C=N–C) groups is 1. The Morgan fingerprint density at radius 1 is 1.57 bits per heavy atom. The lowest BCUT2D eigenvalue weighted by molar-refractivity contribution is 0.856. The topological polar surface area (TPSA) is 50.4 Å². The highest BCUT2D eigenvalue weighted by atomic mass is 79.9. The predicted octanol–water partition coefficient (Wildman–Crippen LogP) is 1.53. The van der Waals surface area contributed by atoms with Gasteiger partial charge in [0, 0.05) is 18.1 Å². The van der Waals surface area contributed by atoms with Crippen LogP contribution in [0, 0.1) is 0 Å². The molecule has 0 unspecified atom stereocenters. The van der Waals surface area contributed by atoms with Gasteiger partial charge >= 0.3 is 0 Å². The Hall–Kier alpha value is -1.03. The molecule has 0 amide bonds. The van der Waals surface area contributed by atoms with Crippen molar-refractivity contribution in [3.63, 3.8) is 0 Å². The molecule has 0 bridgehead atoms. The van der Waals surface area contributed by atoms with Crippen molar-refractivity contribution in [2.24, 2.45) is 10.7 Å². The van der Waals surface area contributed by atoms with E-state index in [0.29, 0.717) is 5.96 Å². The second-order valence-electron chi connectivity index (χ2n) is 2.92. The van der Waals surface area contributed by atoms with Crippen LogP contribution in [-0.2, 0) is 6.42 Å². The minimum absolute atomic E-state index is 0.486. The average molecular weight is 256 g/mol. The molecular formula is C10H14BrN3. The van der Waals surface area contributed by atoms with E-state index in [1.165, 1.54) is 5.56 Å². The number of nitrogens with zero attached hydrogens (tertiary/aromatic N) is 1. The van der Waals surface area contributed by atoms with Crippen molar-refractivity contribution in [2.75, 3.05) is 13.6 Å². The first-order valence-corrected chi connectivity index (χ1v) is 5.22. The molecule has 0 atom stereocenters. The molecule has 0 radical (unpaired) electrons. The fourth-order valence-electron chi connectivity index (χ4n) is 1.11. The Morgan fingerprint density at radius 2 is 2.36 bits per heavy atom. The van der Waals surface area contributed by atoms with Crippen molar-refractivity contribution in [1.82, 2.24) is 5.32 Å². The highest BCUT2D eigenvalue weighted by Gasteiger charge is 1.94. The van der Waals surface area contributed by atoms with Crippen molar-refractivity contribution in [2.45, 2.75) is 6.42 Å². The summed E-state index contributed by atoms with van der Waals surface area (Å²) in [4.78, 5) is 3.81. The third-order valence-electron chi connectivity index (χ3n) is 1.85. The van der Waals surface area contributed by atoms with Gasteiger partial charge in [-0.1, -0.05) is 28.1 Å². The highest BCUT2D eigenvalue weighted by molar-refractivity contribution is 9.10. The molecule has 1 aromatic carbocycles. The van der Waals surface area contributed by atoms with Crippen LogP contribution in [-0.4, -0.2) is 19.6 Å². The van der Waals surface area contributed by atoms with E-state index in [0.717, 1.165) is 17.4 Å². The molecule has 0 heterocycles. The second-order valence-corrected chi connectivity index (χ2v) is 3.83. The number of nitrogens with two attached hydrogens (primary N) is 1. The Labute approximate surface area is 92.5 Å². The molecular weight excluding hydrogens is 242 g/mol. The standard InChI is InChI=1S/C10H14BrN3/c1-13-10(12)14-6-5-8-3-2-4-9(11)7-8/h2-4,7H,5-6H2,1H3,(H3,12,13,14). The van der Waals surface area contributed by atoms with Crippen molar-refractivity contribution in [1.29, 1.82) is 0 Å². The van der Waals surface area contributed by atoms with Crippen LogP contribution in [0.2, 0.25) is 0 Å². The summed E-state index contributed by atoms with van der Waals surface area (Å²) in [7, 11) is 1.67. The zero-order valence-corrected chi connectivity index (χ0v) is 9.71. The van der Waals surface area contributed by atoms with Crippen molar-refractivity contribution in [3.05, 3.63) is 34.3 Å². The Balaban J connectivity index is 2.39. The van der Waals surface area contributed by atoms with E-state index >= 15 is 0 Å². The second kappa shape index (κ2) is 5.65. The molecule has 1 rings (SSSR count). The number of guanidine groups is 1. The SMILES string of the molecule is CN=C(N)NCCc1cccc(Br)c1. The molecule has 0 aliphatic rings. The van der Waals surface area contributed by atoms with E-state index < -0.39 is 0 Å². The maximum absolute atomic E-state index is 5.50. The third-order valence-corrected chi connectivity index (χ3v) is 2.34. The molecule has 0 saturated heterocycles. The quantitative estimate of drug-likeness (QED) is 0.636. The largest absolute Gasteiger partial charge is 0.370 e. The van der Waals surface area contributed by atoms with Gasteiger partial charge < -0.3 is 11.1 Å². The molecule has 14 heavy (non-hydrogen) atoms. The summed E-state index contributed by atoms with van der Waals surface area (Å²) < 4.78 is 1.10. The summed E-state index contributed by atoms with van der Waals surface area (Å²) in [6.07, 6.45) is 0.940. The van der Waals surface area contributed by atoms with Crippen molar-refractivity contribution in [3.8, 4) is 0 Å². The van der Waals surface area contributed by atoms with Gasteiger partial charge in [0.2, 0.25) is 0 Å². The van der Waals surface area contributed by atoms with Gasteiger partial charge in [0.25, 0.3) is 0 Å². The number of hydrogen-bond acceptors (Lipinski definition) is 1. The number of hydrogen-bond donors (Lipinski definition) is 2. The summed E-state index contributed by atoms with van der Waals surface area (Å²) >= 11 is 3.43. The molecule has 0 aromatic heterocycles. The van der Waals surface area contributed by atoms with Crippen LogP contribution in [0.3, 0.4) is 0 Å².